The van der Waals surface area contributed by atoms with Crippen LogP contribution in [-0.2, 0) is 4.74 Å². The van der Waals surface area contributed by atoms with Gasteiger partial charge < -0.3 is 10.1 Å². The van der Waals surface area contributed by atoms with Crippen molar-refractivity contribution in [2.24, 2.45) is 0 Å². The summed E-state index contributed by atoms with van der Waals surface area (Å²) in [5.74, 6) is 0. The van der Waals surface area contributed by atoms with Gasteiger partial charge >= 0.3 is 0 Å². The van der Waals surface area contributed by atoms with Gasteiger partial charge in [0.25, 0.3) is 0 Å². The molecule has 0 bridgehead atoms. The average molecular weight is 200 g/mol. The average Bonchev–Trinajstić information content (AvgIpc) is 2.19. The summed E-state index contributed by atoms with van der Waals surface area (Å²) in [5.41, 5.74) is 0. The van der Waals surface area contributed by atoms with E-state index < -0.39 is 0 Å². The molecule has 0 aromatic carbocycles. The molecule has 1 heterocycles. The summed E-state index contributed by atoms with van der Waals surface area (Å²) in [7, 11) is 1.99. The highest BCUT2D eigenvalue weighted by molar-refractivity contribution is 4.72. The number of likely N-dealkylation sites (N-methyl/N-ethyl adjacent to an activating group) is 1. The highest BCUT2D eigenvalue weighted by Crippen LogP contribution is 2.06. The predicted octanol–water partition coefficient (Wildman–Crippen LogP) is 1.10. The zero-order valence-electron chi connectivity index (χ0n) is 9.59. The number of ether oxygens (including phenoxy) is 1. The maximum Gasteiger partial charge on any atom is 0.0826 e. The molecule has 14 heavy (non-hydrogen) atoms. The molecule has 1 unspecified atom stereocenters. The second-order valence-electron chi connectivity index (χ2n) is 4.06. The largest absolute Gasteiger partial charge is 0.374 e. The van der Waals surface area contributed by atoms with E-state index in [0.717, 1.165) is 26.2 Å². The first-order valence-corrected chi connectivity index (χ1v) is 5.85. The molecule has 84 valence electrons. The van der Waals surface area contributed by atoms with Gasteiger partial charge in [-0.15, -0.1) is 0 Å². The molecule has 1 atom stereocenters. The molecule has 0 aromatic heterocycles. The van der Waals surface area contributed by atoms with E-state index in [4.69, 9.17) is 4.74 Å². The molecule has 3 nitrogen and oxygen atoms in total. The molecule has 1 N–H and O–H groups in total. The van der Waals surface area contributed by atoms with Crippen molar-refractivity contribution >= 4 is 0 Å². The Morgan fingerprint density at radius 2 is 2.29 bits per heavy atom. The number of nitrogens with zero attached hydrogens (tertiary/aromatic N) is 1. The van der Waals surface area contributed by atoms with Gasteiger partial charge in [-0.05, 0) is 20.0 Å². The third kappa shape index (κ3) is 4.40. The minimum atomic E-state index is 0.398. The SMILES string of the molecule is CCCCCN1CCOC(CNC)C1. The molecule has 1 aliphatic heterocycles. The highest BCUT2D eigenvalue weighted by Gasteiger charge is 2.18. The lowest BCUT2D eigenvalue weighted by Crippen LogP contribution is -2.46. The molecule has 0 radical (unpaired) electrons. The van der Waals surface area contributed by atoms with E-state index in [1.54, 1.807) is 0 Å². The van der Waals surface area contributed by atoms with E-state index in [-0.39, 0.29) is 0 Å². The normalized spacial score (nSPS) is 24.0. The smallest absolute Gasteiger partial charge is 0.0826 e. The van der Waals surface area contributed by atoms with E-state index in [1.165, 1.54) is 25.8 Å². The predicted molar refractivity (Wildman–Crippen MR) is 59.6 cm³/mol. The van der Waals surface area contributed by atoms with Crippen LogP contribution in [0.4, 0.5) is 0 Å². The first-order valence-electron chi connectivity index (χ1n) is 5.85. The Bertz CT molecular complexity index is 139. The molecule has 0 spiro atoms. The molecule has 0 amide bonds. The van der Waals surface area contributed by atoms with Crippen molar-refractivity contribution in [1.29, 1.82) is 0 Å². The molecule has 0 aromatic rings. The second kappa shape index (κ2) is 7.21. The minimum absolute atomic E-state index is 0.398. The van der Waals surface area contributed by atoms with Gasteiger partial charge in [-0.25, -0.2) is 0 Å². The summed E-state index contributed by atoms with van der Waals surface area (Å²) < 4.78 is 5.65. The zero-order valence-corrected chi connectivity index (χ0v) is 9.59. The van der Waals surface area contributed by atoms with Gasteiger partial charge in [0.2, 0.25) is 0 Å². The van der Waals surface area contributed by atoms with Crippen molar-refractivity contribution in [3.05, 3.63) is 0 Å². The third-order valence-corrected chi connectivity index (χ3v) is 2.73. The van der Waals surface area contributed by atoms with Gasteiger partial charge in [0.1, 0.15) is 0 Å². The second-order valence-corrected chi connectivity index (χ2v) is 4.06. The Hall–Kier alpha value is -0.120. The number of hydrogen-bond donors (Lipinski definition) is 1. The molecular weight excluding hydrogens is 176 g/mol. The molecule has 0 aliphatic carbocycles. The Kier molecular flexibility index (Phi) is 6.15. The summed E-state index contributed by atoms with van der Waals surface area (Å²) in [6.45, 7) is 7.60. The summed E-state index contributed by atoms with van der Waals surface area (Å²) in [6.07, 6.45) is 4.40. The van der Waals surface area contributed by atoms with E-state index in [2.05, 4.69) is 17.1 Å². The van der Waals surface area contributed by atoms with E-state index >= 15 is 0 Å². The Morgan fingerprint density at radius 1 is 1.43 bits per heavy atom. The lowest BCUT2D eigenvalue weighted by molar-refractivity contribution is -0.0266. The van der Waals surface area contributed by atoms with Crippen LogP contribution in [0.2, 0.25) is 0 Å². The molecule has 0 saturated carbocycles. The summed E-state index contributed by atoms with van der Waals surface area (Å²) in [4.78, 5) is 2.53. The molecular formula is C11H24N2O. The van der Waals surface area contributed by atoms with Gasteiger partial charge in [0, 0.05) is 19.6 Å². The molecule has 1 aliphatic rings. The number of rotatable bonds is 6. The van der Waals surface area contributed by atoms with Crippen molar-refractivity contribution in [3.8, 4) is 0 Å². The van der Waals surface area contributed by atoms with Crippen LogP contribution < -0.4 is 5.32 Å². The van der Waals surface area contributed by atoms with Crippen LogP contribution in [0.3, 0.4) is 0 Å². The number of nitrogens with one attached hydrogen (secondary N) is 1. The van der Waals surface area contributed by atoms with Crippen LogP contribution in [0, 0.1) is 0 Å². The fourth-order valence-corrected chi connectivity index (χ4v) is 1.92. The summed E-state index contributed by atoms with van der Waals surface area (Å²) in [6, 6.07) is 0. The van der Waals surface area contributed by atoms with E-state index in [9.17, 15) is 0 Å². The number of hydrogen-bond acceptors (Lipinski definition) is 3. The summed E-state index contributed by atoms with van der Waals surface area (Å²) >= 11 is 0. The maximum absolute atomic E-state index is 5.65. The Morgan fingerprint density at radius 3 is 3.00 bits per heavy atom. The number of unbranched alkanes of at least 4 members (excludes halogenated alkanes) is 2. The highest BCUT2D eigenvalue weighted by atomic mass is 16.5. The molecule has 1 saturated heterocycles. The van der Waals surface area contributed by atoms with Crippen LogP contribution in [0.5, 0.6) is 0 Å². The van der Waals surface area contributed by atoms with Crippen LogP contribution >= 0.6 is 0 Å². The van der Waals surface area contributed by atoms with E-state index in [0.29, 0.717) is 6.10 Å². The molecule has 1 fully saturated rings. The van der Waals surface area contributed by atoms with Gasteiger partial charge in [-0.1, -0.05) is 19.8 Å². The van der Waals surface area contributed by atoms with Crippen LogP contribution in [0.15, 0.2) is 0 Å². The first-order chi connectivity index (χ1) is 6.86. The number of morpholine rings is 1. The third-order valence-electron chi connectivity index (χ3n) is 2.73. The van der Waals surface area contributed by atoms with Gasteiger partial charge in [-0.2, -0.15) is 0 Å². The fourth-order valence-electron chi connectivity index (χ4n) is 1.92. The van der Waals surface area contributed by atoms with E-state index in [1.807, 2.05) is 7.05 Å². The Balaban J connectivity index is 2.12. The standard InChI is InChI=1S/C11H24N2O/c1-3-4-5-6-13-7-8-14-11(10-13)9-12-2/h11-12H,3-10H2,1-2H3. The van der Waals surface area contributed by atoms with Crippen molar-refractivity contribution in [2.75, 3.05) is 39.8 Å². The van der Waals surface area contributed by atoms with Crippen molar-refractivity contribution in [2.45, 2.75) is 32.3 Å². The monoisotopic (exact) mass is 200 g/mol. The van der Waals surface area contributed by atoms with Gasteiger partial charge in [0.05, 0.1) is 12.7 Å². The van der Waals surface area contributed by atoms with Crippen LogP contribution in [0.1, 0.15) is 26.2 Å². The molecule has 1 rings (SSSR count). The summed E-state index contributed by atoms with van der Waals surface area (Å²) in [5, 5.41) is 3.17. The van der Waals surface area contributed by atoms with Gasteiger partial charge in [-0.3, -0.25) is 4.90 Å². The van der Waals surface area contributed by atoms with Crippen molar-refractivity contribution in [3.63, 3.8) is 0 Å². The maximum atomic E-state index is 5.65. The van der Waals surface area contributed by atoms with Gasteiger partial charge in [0.15, 0.2) is 0 Å². The van der Waals surface area contributed by atoms with Crippen LogP contribution in [0.25, 0.3) is 0 Å². The zero-order chi connectivity index (χ0) is 10.2. The molecule has 3 heteroatoms. The minimum Gasteiger partial charge on any atom is -0.374 e. The van der Waals surface area contributed by atoms with Crippen molar-refractivity contribution < 1.29 is 4.74 Å². The lowest BCUT2D eigenvalue weighted by atomic mass is 10.2. The topological polar surface area (TPSA) is 24.5 Å². The fraction of sp³-hybridized carbons (Fsp3) is 1.00. The lowest BCUT2D eigenvalue weighted by Gasteiger charge is -2.32. The van der Waals surface area contributed by atoms with Crippen LogP contribution in [-0.4, -0.2) is 50.8 Å². The first kappa shape index (κ1) is 12.0. The quantitative estimate of drug-likeness (QED) is 0.650. The van der Waals surface area contributed by atoms with Crippen molar-refractivity contribution in [1.82, 2.24) is 10.2 Å². The Labute approximate surface area is 87.8 Å².